The molecule has 2 aromatic rings. The van der Waals surface area contributed by atoms with Crippen LogP contribution in [0.3, 0.4) is 0 Å². The predicted molar refractivity (Wildman–Crippen MR) is 80.9 cm³/mol. The van der Waals surface area contributed by atoms with E-state index in [1.54, 1.807) is 0 Å². The first-order valence-corrected chi connectivity index (χ1v) is 8.93. The minimum Gasteiger partial charge on any atom is -0.360 e. The van der Waals surface area contributed by atoms with Crippen molar-refractivity contribution >= 4 is 26.3 Å². The number of hydrogen-bond donors (Lipinski definition) is 1. The van der Waals surface area contributed by atoms with Gasteiger partial charge >= 0.3 is 0 Å². The van der Waals surface area contributed by atoms with Crippen molar-refractivity contribution < 1.29 is 8.42 Å². The lowest BCUT2D eigenvalue weighted by molar-refractivity contribution is 0.593. The van der Waals surface area contributed by atoms with Crippen molar-refractivity contribution in [3.05, 3.63) is 35.9 Å². The SMILES string of the molecule is CCCNc1nnc(S(=O)(=O)CCc2ccccc2)s1. The van der Waals surface area contributed by atoms with Gasteiger partial charge in [-0.3, -0.25) is 0 Å². The van der Waals surface area contributed by atoms with Crippen molar-refractivity contribution in [2.45, 2.75) is 24.1 Å². The van der Waals surface area contributed by atoms with Crippen LogP contribution in [0.25, 0.3) is 0 Å². The lowest BCUT2D eigenvalue weighted by Crippen LogP contribution is -2.09. The first kappa shape index (κ1) is 14.9. The molecule has 108 valence electrons. The van der Waals surface area contributed by atoms with Crippen molar-refractivity contribution in [3.8, 4) is 0 Å². The third-order valence-corrected chi connectivity index (χ3v) is 5.74. The molecular weight excluding hydrogens is 294 g/mol. The molecular formula is C13H17N3O2S2. The highest BCUT2D eigenvalue weighted by atomic mass is 32.2. The van der Waals surface area contributed by atoms with Crippen LogP contribution in [0.15, 0.2) is 34.7 Å². The largest absolute Gasteiger partial charge is 0.360 e. The van der Waals surface area contributed by atoms with Gasteiger partial charge in [0.15, 0.2) is 0 Å². The second-order valence-electron chi connectivity index (χ2n) is 4.35. The number of aromatic nitrogens is 2. The Balaban J connectivity index is 2.01. The van der Waals surface area contributed by atoms with E-state index in [0.29, 0.717) is 11.6 Å². The summed E-state index contributed by atoms with van der Waals surface area (Å²) in [6.45, 7) is 2.80. The summed E-state index contributed by atoms with van der Waals surface area (Å²) in [7, 11) is -3.36. The monoisotopic (exact) mass is 311 g/mol. The van der Waals surface area contributed by atoms with Crippen LogP contribution >= 0.6 is 11.3 Å². The molecule has 0 atom stereocenters. The van der Waals surface area contributed by atoms with Crippen LogP contribution in [-0.4, -0.2) is 30.9 Å². The highest BCUT2D eigenvalue weighted by molar-refractivity contribution is 7.93. The molecule has 0 aliphatic carbocycles. The molecule has 1 aromatic carbocycles. The van der Waals surface area contributed by atoms with Crippen LogP contribution in [0.4, 0.5) is 5.13 Å². The summed E-state index contributed by atoms with van der Waals surface area (Å²) in [4.78, 5) is 0. The van der Waals surface area contributed by atoms with Gasteiger partial charge in [-0.2, -0.15) is 0 Å². The standard InChI is InChI=1S/C13H17N3O2S2/c1-2-9-14-12-15-16-13(19-12)20(17,18)10-8-11-6-4-3-5-7-11/h3-7H,2,8-10H2,1H3,(H,14,15). The van der Waals surface area contributed by atoms with Gasteiger partial charge in [0.25, 0.3) is 0 Å². The average Bonchev–Trinajstić information content (AvgIpc) is 2.94. The summed E-state index contributed by atoms with van der Waals surface area (Å²) in [5.74, 6) is 0.0550. The molecule has 1 heterocycles. The van der Waals surface area contributed by atoms with Crippen LogP contribution in [-0.2, 0) is 16.3 Å². The Morgan fingerprint density at radius 3 is 2.65 bits per heavy atom. The first-order chi connectivity index (χ1) is 9.62. The smallest absolute Gasteiger partial charge is 0.234 e. The lowest BCUT2D eigenvalue weighted by Gasteiger charge is -2.00. The van der Waals surface area contributed by atoms with E-state index in [1.165, 1.54) is 0 Å². The molecule has 1 N–H and O–H groups in total. The van der Waals surface area contributed by atoms with Gasteiger partial charge in [0.05, 0.1) is 5.75 Å². The van der Waals surface area contributed by atoms with Gasteiger partial charge in [0.1, 0.15) is 0 Å². The fourth-order valence-corrected chi connectivity index (χ4v) is 3.96. The van der Waals surface area contributed by atoms with Crippen molar-refractivity contribution in [3.63, 3.8) is 0 Å². The Bertz CT molecular complexity index is 639. The average molecular weight is 311 g/mol. The number of rotatable bonds is 7. The highest BCUT2D eigenvalue weighted by Crippen LogP contribution is 2.21. The van der Waals surface area contributed by atoms with E-state index in [2.05, 4.69) is 15.5 Å². The van der Waals surface area contributed by atoms with E-state index in [9.17, 15) is 8.42 Å². The Morgan fingerprint density at radius 2 is 1.95 bits per heavy atom. The molecule has 0 aliphatic rings. The van der Waals surface area contributed by atoms with E-state index < -0.39 is 9.84 Å². The number of anilines is 1. The van der Waals surface area contributed by atoms with E-state index >= 15 is 0 Å². The maximum Gasteiger partial charge on any atom is 0.234 e. The number of nitrogens with zero attached hydrogens (tertiary/aromatic N) is 2. The predicted octanol–water partition coefficient (Wildman–Crippen LogP) is 2.38. The topological polar surface area (TPSA) is 72.0 Å². The van der Waals surface area contributed by atoms with Gasteiger partial charge in [-0.25, -0.2) is 8.42 Å². The summed E-state index contributed by atoms with van der Waals surface area (Å²) in [5, 5.41) is 11.2. The summed E-state index contributed by atoms with van der Waals surface area (Å²) < 4.78 is 24.4. The second kappa shape index (κ2) is 6.81. The molecule has 20 heavy (non-hydrogen) atoms. The van der Waals surface area contributed by atoms with Crippen LogP contribution in [0.5, 0.6) is 0 Å². The molecule has 0 amide bonds. The van der Waals surface area contributed by atoms with Crippen LogP contribution in [0.1, 0.15) is 18.9 Å². The molecule has 0 bridgehead atoms. The van der Waals surface area contributed by atoms with Gasteiger partial charge < -0.3 is 5.32 Å². The maximum atomic E-state index is 12.2. The van der Waals surface area contributed by atoms with Gasteiger partial charge in [0, 0.05) is 6.54 Å². The van der Waals surface area contributed by atoms with E-state index in [4.69, 9.17) is 0 Å². The highest BCUT2D eigenvalue weighted by Gasteiger charge is 2.20. The third kappa shape index (κ3) is 4.01. The van der Waals surface area contributed by atoms with E-state index in [0.717, 1.165) is 29.9 Å². The molecule has 0 spiro atoms. The van der Waals surface area contributed by atoms with Crippen LogP contribution < -0.4 is 5.32 Å². The molecule has 0 radical (unpaired) electrons. The maximum absolute atomic E-state index is 12.2. The van der Waals surface area contributed by atoms with Gasteiger partial charge in [-0.05, 0) is 18.4 Å². The van der Waals surface area contributed by atoms with Crippen LogP contribution in [0.2, 0.25) is 0 Å². The quantitative estimate of drug-likeness (QED) is 0.850. The summed E-state index contributed by atoms with van der Waals surface area (Å²) in [6, 6.07) is 9.56. The molecule has 5 nitrogen and oxygen atoms in total. The Kier molecular flexibility index (Phi) is 5.08. The fourth-order valence-electron chi connectivity index (χ4n) is 1.62. The molecule has 0 fully saturated rings. The molecule has 0 saturated heterocycles. The summed E-state index contributed by atoms with van der Waals surface area (Å²) in [6.07, 6.45) is 1.44. The summed E-state index contributed by atoms with van der Waals surface area (Å²) in [5.41, 5.74) is 1.00. The van der Waals surface area contributed by atoms with Crippen molar-refractivity contribution in [2.24, 2.45) is 0 Å². The number of sulfone groups is 1. The minimum atomic E-state index is -3.36. The lowest BCUT2D eigenvalue weighted by atomic mass is 10.2. The molecule has 7 heteroatoms. The van der Waals surface area contributed by atoms with Gasteiger partial charge in [0.2, 0.25) is 19.3 Å². The first-order valence-electron chi connectivity index (χ1n) is 6.46. The van der Waals surface area contributed by atoms with Crippen molar-refractivity contribution in [1.82, 2.24) is 10.2 Å². The number of nitrogens with one attached hydrogen (secondary N) is 1. The molecule has 0 unspecified atom stereocenters. The Labute approximate surface area is 123 Å². The van der Waals surface area contributed by atoms with E-state index in [1.807, 2.05) is 37.3 Å². The van der Waals surface area contributed by atoms with Crippen molar-refractivity contribution in [1.29, 1.82) is 0 Å². The fraction of sp³-hybridized carbons (Fsp3) is 0.385. The normalized spacial score (nSPS) is 11.4. The molecule has 0 saturated carbocycles. The number of benzene rings is 1. The number of hydrogen-bond acceptors (Lipinski definition) is 6. The second-order valence-corrected chi connectivity index (χ2v) is 7.61. The zero-order valence-electron chi connectivity index (χ0n) is 11.2. The molecule has 0 aliphatic heterocycles. The van der Waals surface area contributed by atoms with Crippen molar-refractivity contribution in [2.75, 3.05) is 17.6 Å². The molecule has 1 aromatic heterocycles. The molecule has 2 rings (SSSR count). The van der Waals surface area contributed by atoms with Gasteiger partial charge in [-0.15, -0.1) is 10.2 Å². The Morgan fingerprint density at radius 1 is 1.20 bits per heavy atom. The van der Waals surface area contributed by atoms with Crippen LogP contribution in [0, 0.1) is 0 Å². The number of aryl methyl sites for hydroxylation is 1. The minimum absolute atomic E-state index is 0.0550. The zero-order valence-corrected chi connectivity index (χ0v) is 12.9. The zero-order chi connectivity index (χ0) is 14.4. The Hall–Kier alpha value is -1.47. The summed E-state index contributed by atoms with van der Waals surface area (Å²) >= 11 is 1.09. The van der Waals surface area contributed by atoms with Gasteiger partial charge in [-0.1, -0.05) is 48.6 Å². The third-order valence-electron chi connectivity index (χ3n) is 2.70. The van der Waals surface area contributed by atoms with E-state index in [-0.39, 0.29) is 10.1 Å².